The maximum Gasteiger partial charge on any atom is 0.386 e. The molecule has 1 aliphatic rings. The van der Waals surface area contributed by atoms with Gasteiger partial charge in [-0.25, -0.2) is 14.4 Å². The van der Waals surface area contributed by atoms with Gasteiger partial charge < -0.3 is 29.5 Å². The number of aryl methyl sites for hydroxylation is 1. The second-order valence-corrected chi connectivity index (χ2v) is 11.1. The molecule has 2 unspecified atom stereocenters. The number of imidazole rings is 1. The zero-order chi connectivity index (χ0) is 29.1. The van der Waals surface area contributed by atoms with Gasteiger partial charge in [-0.3, -0.25) is 4.90 Å². The summed E-state index contributed by atoms with van der Waals surface area (Å²) in [6.07, 6.45) is 4.77. The summed E-state index contributed by atoms with van der Waals surface area (Å²) in [5, 5.41) is 15.1. The van der Waals surface area contributed by atoms with Crippen LogP contribution in [0.5, 0.6) is 11.5 Å². The molecule has 2 atom stereocenters. The molecule has 4 aromatic rings. The molecule has 13 heteroatoms. The van der Waals surface area contributed by atoms with Crippen LogP contribution in [-0.2, 0) is 13.6 Å². The molecule has 0 radical (unpaired) electrons. The maximum atomic E-state index is 14.5. The number of nitrogens with one attached hydrogen (secondary N) is 1. The number of ether oxygens (including phenoxy) is 2. The van der Waals surface area contributed by atoms with Crippen LogP contribution in [0.2, 0.25) is 0 Å². The Labute approximate surface area is 245 Å². The number of piperidine rings is 1. The first-order chi connectivity index (χ1) is 19.8. The third-order valence-corrected chi connectivity index (χ3v) is 8.13. The number of rotatable bonds is 10. The maximum absolute atomic E-state index is 14.5. The van der Waals surface area contributed by atoms with Gasteiger partial charge in [-0.05, 0) is 59.0 Å². The molecule has 2 aromatic heterocycles. The number of benzene rings is 2. The van der Waals surface area contributed by atoms with Crippen LogP contribution in [0.3, 0.4) is 0 Å². The van der Waals surface area contributed by atoms with E-state index in [1.54, 1.807) is 36.9 Å². The fourth-order valence-corrected chi connectivity index (χ4v) is 5.66. The lowest BCUT2D eigenvalue weighted by Gasteiger charge is -2.38. The molecule has 0 saturated carbocycles. The minimum atomic E-state index is -0.423. The summed E-state index contributed by atoms with van der Waals surface area (Å²) in [6, 6.07) is 8.38. The van der Waals surface area contributed by atoms with Crippen LogP contribution in [0.25, 0.3) is 10.9 Å². The number of anilines is 2. The first-order valence-corrected chi connectivity index (χ1v) is 14.1. The van der Waals surface area contributed by atoms with E-state index in [9.17, 15) is 14.5 Å². The highest BCUT2D eigenvalue weighted by molar-refractivity contribution is 9.10. The summed E-state index contributed by atoms with van der Waals surface area (Å²) < 4.78 is 28.8. The predicted octanol–water partition coefficient (Wildman–Crippen LogP) is 5.85. The number of fused-ring (bicyclic) bond motifs is 1. The Morgan fingerprint density at radius 2 is 2.02 bits per heavy atom. The molecule has 1 fully saturated rings. The van der Waals surface area contributed by atoms with E-state index in [2.05, 4.69) is 48.0 Å². The summed E-state index contributed by atoms with van der Waals surface area (Å²) in [5.41, 5.74) is 1.54. The first kappa shape index (κ1) is 28.7. The van der Waals surface area contributed by atoms with E-state index in [-0.39, 0.29) is 5.82 Å². The molecule has 41 heavy (non-hydrogen) atoms. The van der Waals surface area contributed by atoms with E-state index in [0.717, 1.165) is 25.9 Å². The minimum absolute atomic E-state index is 0.0847. The topological polar surface area (TPSA) is 120 Å². The Morgan fingerprint density at radius 3 is 2.76 bits per heavy atom. The number of nitrogens with zero attached hydrogens (tertiary/aromatic N) is 6. The van der Waals surface area contributed by atoms with Crippen molar-refractivity contribution in [1.29, 1.82) is 0 Å². The van der Waals surface area contributed by atoms with Gasteiger partial charge in [0.05, 0.1) is 24.9 Å². The van der Waals surface area contributed by atoms with Crippen LogP contribution in [0.15, 0.2) is 47.5 Å². The summed E-state index contributed by atoms with van der Waals surface area (Å²) in [6.45, 7) is 4.76. The standard InChI is InChI=1S/C28H31BrFN7O4/c1-4-17-12-36(13-24-28(37(38)39)33-16-35(24)2)8-7-18(17)14-41-26-11-23-20(10-25(26)40-3)27(32-15-31-23)34-22-6-5-19(29)9-21(22)30/h5-6,9-11,15-18H,4,7-8,12-14H2,1-3H3,(H,31,32,34). The Hall–Kier alpha value is -3.84. The van der Waals surface area contributed by atoms with Crippen molar-refractivity contribution in [3.63, 3.8) is 0 Å². The summed E-state index contributed by atoms with van der Waals surface area (Å²) in [4.78, 5) is 25.9. The molecule has 11 nitrogen and oxygen atoms in total. The summed E-state index contributed by atoms with van der Waals surface area (Å²) >= 11 is 3.27. The largest absolute Gasteiger partial charge is 0.493 e. The number of methoxy groups -OCH3 is 1. The van der Waals surface area contributed by atoms with Gasteiger partial charge >= 0.3 is 5.82 Å². The molecule has 1 saturated heterocycles. The van der Waals surface area contributed by atoms with Gasteiger partial charge in [-0.1, -0.05) is 29.3 Å². The molecule has 2 aromatic carbocycles. The molecule has 0 amide bonds. The Bertz CT molecular complexity index is 1570. The molecule has 0 bridgehead atoms. The molecular weight excluding hydrogens is 597 g/mol. The van der Waals surface area contributed by atoms with Crippen LogP contribution < -0.4 is 14.8 Å². The van der Waals surface area contributed by atoms with E-state index < -0.39 is 10.7 Å². The van der Waals surface area contributed by atoms with Crippen molar-refractivity contribution in [2.24, 2.45) is 18.9 Å². The van der Waals surface area contributed by atoms with Crippen molar-refractivity contribution in [3.05, 3.63) is 69.1 Å². The molecule has 1 aliphatic heterocycles. The highest BCUT2D eigenvalue weighted by atomic mass is 79.9. The highest BCUT2D eigenvalue weighted by Gasteiger charge is 2.31. The van der Waals surface area contributed by atoms with Crippen molar-refractivity contribution >= 4 is 44.2 Å². The molecule has 0 spiro atoms. The molecule has 216 valence electrons. The lowest BCUT2D eigenvalue weighted by atomic mass is 9.84. The highest BCUT2D eigenvalue weighted by Crippen LogP contribution is 2.37. The molecule has 1 N–H and O–H groups in total. The SMILES string of the molecule is CCC1CN(Cc2c([N+](=O)[O-])ncn2C)CCC1COc1cc2ncnc(Nc3ccc(Br)cc3F)c2cc1OC. The fraction of sp³-hybridized carbons (Fsp3) is 0.393. The zero-order valence-electron chi connectivity index (χ0n) is 23.0. The predicted molar refractivity (Wildman–Crippen MR) is 156 cm³/mol. The Morgan fingerprint density at radius 1 is 1.20 bits per heavy atom. The van der Waals surface area contributed by atoms with Crippen LogP contribution in [0.1, 0.15) is 25.5 Å². The van der Waals surface area contributed by atoms with E-state index >= 15 is 0 Å². The van der Waals surface area contributed by atoms with Gasteiger partial charge in [0.1, 0.15) is 23.7 Å². The summed E-state index contributed by atoms with van der Waals surface area (Å²) in [5.74, 6) is 1.73. The molecule has 3 heterocycles. The fourth-order valence-electron chi connectivity index (χ4n) is 5.32. The second-order valence-electron chi connectivity index (χ2n) is 10.1. The van der Waals surface area contributed by atoms with Gasteiger partial charge in [0, 0.05) is 36.1 Å². The van der Waals surface area contributed by atoms with E-state index in [4.69, 9.17) is 9.47 Å². The van der Waals surface area contributed by atoms with Gasteiger partial charge in [-0.15, -0.1) is 0 Å². The van der Waals surface area contributed by atoms with Crippen molar-refractivity contribution < 1.29 is 18.8 Å². The van der Waals surface area contributed by atoms with Crippen molar-refractivity contribution in [2.45, 2.75) is 26.3 Å². The average molecular weight is 629 g/mol. The Balaban J connectivity index is 1.29. The number of aromatic nitrogens is 4. The van der Waals surface area contributed by atoms with Crippen LogP contribution >= 0.6 is 15.9 Å². The number of nitro groups is 1. The third-order valence-electron chi connectivity index (χ3n) is 7.64. The number of halogens is 2. The number of hydrogen-bond donors (Lipinski definition) is 1. The first-order valence-electron chi connectivity index (χ1n) is 13.3. The summed E-state index contributed by atoms with van der Waals surface area (Å²) in [7, 11) is 3.36. The average Bonchev–Trinajstić information content (AvgIpc) is 3.33. The van der Waals surface area contributed by atoms with Crippen molar-refractivity contribution in [3.8, 4) is 11.5 Å². The van der Waals surface area contributed by atoms with Gasteiger partial charge in [0.15, 0.2) is 11.5 Å². The quantitative estimate of drug-likeness (QED) is 0.170. The van der Waals surface area contributed by atoms with Gasteiger partial charge in [0.25, 0.3) is 0 Å². The smallest absolute Gasteiger partial charge is 0.386 e. The monoisotopic (exact) mass is 627 g/mol. The third kappa shape index (κ3) is 6.25. The van der Waals surface area contributed by atoms with E-state index in [0.29, 0.717) is 69.1 Å². The van der Waals surface area contributed by atoms with Crippen LogP contribution in [-0.4, -0.2) is 56.1 Å². The molecule has 5 rings (SSSR count). The lowest BCUT2D eigenvalue weighted by molar-refractivity contribution is -0.390. The zero-order valence-corrected chi connectivity index (χ0v) is 24.6. The second kappa shape index (κ2) is 12.4. The van der Waals surface area contributed by atoms with Gasteiger partial charge in [-0.2, -0.15) is 0 Å². The van der Waals surface area contributed by atoms with Crippen molar-refractivity contribution in [2.75, 3.05) is 32.1 Å². The molecule has 0 aliphatic carbocycles. The number of hydrogen-bond acceptors (Lipinski definition) is 9. The Kier molecular flexibility index (Phi) is 8.64. The van der Waals surface area contributed by atoms with E-state index in [1.165, 1.54) is 18.7 Å². The van der Waals surface area contributed by atoms with Gasteiger partial charge in [0.2, 0.25) is 6.33 Å². The lowest BCUT2D eigenvalue weighted by Crippen LogP contribution is -2.42. The van der Waals surface area contributed by atoms with E-state index in [1.807, 2.05) is 6.07 Å². The normalized spacial score (nSPS) is 17.5. The minimum Gasteiger partial charge on any atom is -0.493 e. The van der Waals surface area contributed by atoms with Crippen LogP contribution in [0.4, 0.5) is 21.7 Å². The van der Waals surface area contributed by atoms with Crippen LogP contribution in [0, 0.1) is 27.8 Å². The van der Waals surface area contributed by atoms with Crippen molar-refractivity contribution in [1.82, 2.24) is 24.4 Å². The molecular formula is C28H31BrFN7O4. The number of likely N-dealkylation sites (tertiary alicyclic amines) is 1.